The van der Waals surface area contributed by atoms with E-state index in [1.807, 2.05) is 6.07 Å². The second-order valence-electron chi connectivity index (χ2n) is 3.94. The number of unbranched alkanes of at least 4 members (excludes halogenated alkanes) is 4. The Morgan fingerprint density at radius 2 is 2.00 bits per heavy atom. The van der Waals surface area contributed by atoms with E-state index in [-0.39, 0.29) is 12.6 Å². The van der Waals surface area contributed by atoms with E-state index in [2.05, 4.69) is 6.92 Å². The summed E-state index contributed by atoms with van der Waals surface area (Å²) in [4.78, 5) is 11.3. The summed E-state index contributed by atoms with van der Waals surface area (Å²) in [7, 11) is 0. The number of esters is 1. The van der Waals surface area contributed by atoms with Crippen LogP contribution >= 0.6 is 0 Å². The van der Waals surface area contributed by atoms with E-state index in [9.17, 15) is 4.79 Å². The Morgan fingerprint density at radius 1 is 1.31 bits per heavy atom. The van der Waals surface area contributed by atoms with E-state index in [0.29, 0.717) is 6.42 Å². The maximum atomic E-state index is 11.3. The topological polar surface area (TPSA) is 50.1 Å². The van der Waals surface area contributed by atoms with Gasteiger partial charge in [-0.2, -0.15) is 5.26 Å². The van der Waals surface area contributed by atoms with Gasteiger partial charge >= 0.3 is 5.97 Å². The second kappa shape index (κ2) is 10.2. The van der Waals surface area contributed by atoms with Crippen LogP contribution in [0.1, 0.15) is 52.4 Å². The van der Waals surface area contributed by atoms with Crippen molar-refractivity contribution in [3.05, 3.63) is 11.6 Å². The molecule has 0 rings (SSSR count). The number of hydrogen-bond donors (Lipinski definition) is 0. The zero-order valence-corrected chi connectivity index (χ0v) is 10.3. The fourth-order valence-electron chi connectivity index (χ4n) is 1.29. The van der Waals surface area contributed by atoms with Crippen molar-refractivity contribution in [3.63, 3.8) is 0 Å². The molecule has 0 fully saturated rings. The predicted octanol–water partition coefficient (Wildman–Crippen LogP) is 3.36. The Kier molecular flexibility index (Phi) is 9.39. The molecular formula is C13H21NO2. The molecule has 0 aromatic carbocycles. The van der Waals surface area contributed by atoms with E-state index in [4.69, 9.17) is 10.00 Å². The summed E-state index contributed by atoms with van der Waals surface area (Å²) in [5, 5.41) is 8.36. The molecule has 0 aliphatic carbocycles. The van der Waals surface area contributed by atoms with E-state index in [1.54, 1.807) is 6.92 Å². The first-order valence-corrected chi connectivity index (χ1v) is 5.91. The third kappa shape index (κ3) is 9.26. The summed E-state index contributed by atoms with van der Waals surface area (Å²) in [6.45, 7) is 4.18. The van der Waals surface area contributed by atoms with Crippen molar-refractivity contribution in [2.45, 2.75) is 52.4 Å². The predicted molar refractivity (Wildman–Crippen MR) is 63.7 cm³/mol. The minimum Gasteiger partial charge on any atom is -0.461 e. The molecule has 16 heavy (non-hydrogen) atoms. The van der Waals surface area contributed by atoms with Gasteiger partial charge in [0.25, 0.3) is 0 Å². The molecule has 90 valence electrons. The molecule has 0 aliphatic heterocycles. The standard InChI is InChI=1S/C13H21NO2/c1-3-4-5-6-7-8-13(15)16-11-12(2)9-10-14/h9H,3-8,11H2,1-2H3. The van der Waals surface area contributed by atoms with Crippen LogP contribution in [-0.4, -0.2) is 12.6 Å². The summed E-state index contributed by atoms with van der Waals surface area (Å²) >= 11 is 0. The molecule has 0 aromatic heterocycles. The van der Waals surface area contributed by atoms with Crippen molar-refractivity contribution in [2.75, 3.05) is 6.61 Å². The Balaban J connectivity index is 3.46. The summed E-state index contributed by atoms with van der Waals surface area (Å²) in [6, 6.07) is 1.90. The highest BCUT2D eigenvalue weighted by molar-refractivity contribution is 5.69. The quantitative estimate of drug-likeness (QED) is 0.360. The van der Waals surface area contributed by atoms with E-state index >= 15 is 0 Å². The molecule has 0 radical (unpaired) electrons. The van der Waals surface area contributed by atoms with Crippen molar-refractivity contribution in [1.82, 2.24) is 0 Å². The molecule has 0 saturated carbocycles. The lowest BCUT2D eigenvalue weighted by Gasteiger charge is -2.04. The molecule has 0 spiro atoms. The maximum Gasteiger partial charge on any atom is 0.306 e. The van der Waals surface area contributed by atoms with Crippen molar-refractivity contribution in [2.24, 2.45) is 0 Å². The van der Waals surface area contributed by atoms with Gasteiger partial charge in [-0.3, -0.25) is 4.79 Å². The normalized spacial score (nSPS) is 10.9. The van der Waals surface area contributed by atoms with Crippen LogP contribution < -0.4 is 0 Å². The number of carbonyl (C=O) groups is 1. The average Bonchev–Trinajstić information content (AvgIpc) is 2.26. The van der Waals surface area contributed by atoms with Crippen molar-refractivity contribution in [3.8, 4) is 6.07 Å². The van der Waals surface area contributed by atoms with Crippen LogP contribution in [0.5, 0.6) is 0 Å². The van der Waals surface area contributed by atoms with Gasteiger partial charge in [-0.05, 0) is 18.9 Å². The Labute approximate surface area is 98.1 Å². The number of ether oxygens (including phenoxy) is 1. The number of nitriles is 1. The van der Waals surface area contributed by atoms with Crippen LogP contribution in [0, 0.1) is 11.3 Å². The molecule has 0 atom stereocenters. The first-order chi connectivity index (χ1) is 7.70. The molecule has 0 aliphatic rings. The Bertz CT molecular complexity index is 264. The van der Waals surface area contributed by atoms with Crippen molar-refractivity contribution >= 4 is 5.97 Å². The lowest BCUT2D eigenvalue weighted by atomic mass is 10.1. The van der Waals surface area contributed by atoms with E-state index in [0.717, 1.165) is 18.4 Å². The maximum absolute atomic E-state index is 11.3. The van der Waals surface area contributed by atoms with Gasteiger partial charge < -0.3 is 4.74 Å². The monoisotopic (exact) mass is 223 g/mol. The number of rotatable bonds is 8. The van der Waals surface area contributed by atoms with Crippen LogP contribution in [0.15, 0.2) is 11.6 Å². The fraction of sp³-hybridized carbons (Fsp3) is 0.692. The number of carbonyl (C=O) groups excluding carboxylic acids is 1. The minimum absolute atomic E-state index is 0.165. The molecule has 0 saturated heterocycles. The van der Waals surface area contributed by atoms with Crippen LogP contribution in [0.3, 0.4) is 0 Å². The molecule has 0 amide bonds. The van der Waals surface area contributed by atoms with Crippen molar-refractivity contribution in [1.29, 1.82) is 5.26 Å². The summed E-state index contributed by atoms with van der Waals surface area (Å²) < 4.78 is 5.00. The molecule has 3 heteroatoms. The van der Waals surface area contributed by atoms with Crippen LogP contribution in [-0.2, 0) is 9.53 Å². The number of allylic oxidation sites excluding steroid dienone is 1. The first kappa shape index (κ1) is 14.7. The van der Waals surface area contributed by atoms with Gasteiger partial charge in [0.15, 0.2) is 0 Å². The largest absolute Gasteiger partial charge is 0.461 e. The summed E-state index contributed by atoms with van der Waals surface area (Å²) in [6.07, 6.45) is 7.52. The van der Waals surface area contributed by atoms with Gasteiger partial charge in [0, 0.05) is 12.5 Å². The Hall–Kier alpha value is -1.30. The lowest BCUT2D eigenvalue weighted by Crippen LogP contribution is -2.06. The highest BCUT2D eigenvalue weighted by Gasteiger charge is 2.02. The molecule has 0 heterocycles. The van der Waals surface area contributed by atoms with Crippen LogP contribution in [0.2, 0.25) is 0 Å². The third-order valence-corrected chi connectivity index (χ3v) is 2.26. The smallest absolute Gasteiger partial charge is 0.306 e. The average molecular weight is 223 g/mol. The minimum atomic E-state index is -0.165. The first-order valence-electron chi connectivity index (χ1n) is 5.91. The van der Waals surface area contributed by atoms with Gasteiger partial charge in [0.05, 0.1) is 6.07 Å². The van der Waals surface area contributed by atoms with Crippen LogP contribution in [0.25, 0.3) is 0 Å². The highest BCUT2D eigenvalue weighted by Crippen LogP contribution is 2.06. The fourth-order valence-corrected chi connectivity index (χ4v) is 1.29. The van der Waals surface area contributed by atoms with Crippen molar-refractivity contribution < 1.29 is 9.53 Å². The molecule has 0 unspecified atom stereocenters. The molecule has 0 aromatic rings. The van der Waals surface area contributed by atoms with Gasteiger partial charge in [-0.25, -0.2) is 0 Å². The summed E-state index contributed by atoms with van der Waals surface area (Å²) in [5.41, 5.74) is 0.779. The summed E-state index contributed by atoms with van der Waals surface area (Å²) in [5.74, 6) is -0.165. The van der Waals surface area contributed by atoms with Crippen LogP contribution in [0.4, 0.5) is 0 Å². The SMILES string of the molecule is CCCCCCCC(=O)OCC(C)=CC#N. The van der Waals surface area contributed by atoms with Gasteiger partial charge in [0.1, 0.15) is 6.61 Å². The second-order valence-corrected chi connectivity index (χ2v) is 3.94. The van der Waals surface area contributed by atoms with E-state index < -0.39 is 0 Å². The number of nitrogens with zero attached hydrogens (tertiary/aromatic N) is 1. The lowest BCUT2D eigenvalue weighted by molar-refractivity contribution is -0.142. The number of hydrogen-bond acceptors (Lipinski definition) is 3. The molecule has 0 N–H and O–H groups in total. The van der Waals surface area contributed by atoms with Gasteiger partial charge in [-0.15, -0.1) is 0 Å². The zero-order valence-electron chi connectivity index (χ0n) is 10.3. The molecule has 0 bridgehead atoms. The van der Waals surface area contributed by atoms with Gasteiger partial charge in [-0.1, -0.05) is 32.6 Å². The zero-order chi connectivity index (χ0) is 12.2. The third-order valence-electron chi connectivity index (χ3n) is 2.26. The van der Waals surface area contributed by atoms with E-state index in [1.165, 1.54) is 25.3 Å². The molecule has 3 nitrogen and oxygen atoms in total. The highest BCUT2D eigenvalue weighted by atomic mass is 16.5. The Morgan fingerprint density at radius 3 is 2.62 bits per heavy atom. The molecular weight excluding hydrogens is 202 g/mol. The van der Waals surface area contributed by atoms with Gasteiger partial charge in [0.2, 0.25) is 0 Å².